The van der Waals surface area contributed by atoms with Gasteiger partial charge in [-0.2, -0.15) is 5.10 Å². The number of carbonyl (C=O) groups is 1. The molecule has 106 valence electrons. The Bertz CT molecular complexity index is 564. The number of aromatic nitrogens is 2. The predicted molar refractivity (Wildman–Crippen MR) is 69.9 cm³/mol. The zero-order valence-corrected chi connectivity index (χ0v) is 11.6. The predicted octanol–water partition coefficient (Wildman–Crippen LogP) is -0.546. The van der Waals surface area contributed by atoms with Crippen molar-refractivity contribution in [3.05, 3.63) is 17.0 Å². The van der Waals surface area contributed by atoms with Crippen LogP contribution in [0.3, 0.4) is 0 Å². The van der Waals surface area contributed by atoms with E-state index in [2.05, 4.69) is 20.2 Å². The van der Waals surface area contributed by atoms with E-state index in [9.17, 15) is 13.2 Å². The Morgan fingerprint density at radius 2 is 2.21 bits per heavy atom. The topological polar surface area (TPSA) is 104 Å². The van der Waals surface area contributed by atoms with Crippen molar-refractivity contribution in [3.63, 3.8) is 0 Å². The highest BCUT2D eigenvalue weighted by Gasteiger charge is 2.18. The summed E-state index contributed by atoms with van der Waals surface area (Å²) in [6.07, 6.45) is 4.35. The number of hydrogen-bond acceptors (Lipinski definition) is 4. The number of nitrogens with zero attached hydrogens (tertiary/aromatic N) is 1. The molecule has 1 aromatic heterocycles. The van der Waals surface area contributed by atoms with Crippen LogP contribution in [-0.2, 0) is 34.2 Å². The van der Waals surface area contributed by atoms with Gasteiger partial charge in [-0.15, -0.1) is 0 Å². The maximum Gasteiger partial charge on any atom is 0.221 e. The third kappa shape index (κ3) is 4.03. The molecule has 3 N–H and O–H groups in total. The Kier molecular flexibility index (Phi) is 4.20. The fourth-order valence-corrected chi connectivity index (χ4v) is 2.63. The van der Waals surface area contributed by atoms with E-state index in [1.54, 1.807) is 0 Å². The van der Waals surface area contributed by atoms with E-state index in [1.165, 1.54) is 11.3 Å². The largest absolute Gasteiger partial charge is 0.350 e. The van der Waals surface area contributed by atoms with Crippen LogP contribution in [0.2, 0.25) is 0 Å². The smallest absolute Gasteiger partial charge is 0.221 e. The standard InChI is InChI=1S/C11H18N4O3S/c1-19(17,18)13-6-5-11(16)12-7-10-8-3-2-4-9(8)14-15-10/h13H,2-7H2,1H3,(H,12,16)(H,14,15). The van der Waals surface area contributed by atoms with Gasteiger partial charge in [-0.25, -0.2) is 13.1 Å². The normalized spacial score (nSPS) is 14.4. The SMILES string of the molecule is CS(=O)(=O)NCCC(=O)NCc1n[nH]c2c1CCC2. The first-order valence-electron chi connectivity index (χ1n) is 6.22. The fourth-order valence-electron chi connectivity index (χ4n) is 2.15. The third-order valence-corrected chi connectivity index (χ3v) is 3.79. The minimum absolute atomic E-state index is 0.114. The third-order valence-electron chi connectivity index (χ3n) is 3.06. The second kappa shape index (κ2) is 5.70. The van der Waals surface area contributed by atoms with Crippen LogP contribution in [0.25, 0.3) is 0 Å². The number of hydrogen-bond donors (Lipinski definition) is 3. The molecule has 19 heavy (non-hydrogen) atoms. The molecule has 0 saturated carbocycles. The summed E-state index contributed by atoms with van der Waals surface area (Å²) in [5, 5.41) is 9.90. The van der Waals surface area contributed by atoms with Gasteiger partial charge < -0.3 is 5.32 Å². The van der Waals surface area contributed by atoms with Crippen molar-refractivity contribution < 1.29 is 13.2 Å². The van der Waals surface area contributed by atoms with Gasteiger partial charge in [0.15, 0.2) is 0 Å². The number of nitrogens with one attached hydrogen (secondary N) is 3. The molecular formula is C11H18N4O3S. The Balaban J connectivity index is 1.74. The molecular weight excluding hydrogens is 268 g/mol. The van der Waals surface area contributed by atoms with E-state index in [1.807, 2.05) is 0 Å². The number of aromatic amines is 1. The van der Waals surface area contributed by atoms with Crippen molar-refractivity contribution in [2.24, 2.45) is 0 Å². The Morgan fingerprint density at radius 1 is 1.42 bits per heavy atom. The monoisotopic (exact) mass is 286 g/mol. The molecule has 8 heteroatoms. The van der Waals surface area contributed by atoms with E-state index in [-0.39, 0.29) is 18.9 Å². The summed E-state index contributed by atoms with van der Waals surface area (Å²) in [5.41, 5.74) is 3.27. The van der Waals surface area contributed by atoms with E-state index < -0.39 is 10.0 Å². The second-order valence-electron chi connectivity index (χ2n) is 4.67. The summed E-state index contributed by atoms with van der Waals surface area (Å²) in [5.74, 6) is -0.189. The highest BCUT2D eigenvalue weighted by Crippen LogP contribution is 2.22. The lowest BCUT2D eigenvalue weighted by atomic mass is 10.2. The van der Waals surface area contributed by atoms with Crippen LogP contribution in [0, 0.1) is 0 Å². The molecule has 1 aromatic rings. The fraction of sp³-hybridized carbons (Fsp3) is 0.636. The van der Waals surface area contributed by atoms with Crippen molar-refractivity contribution in [3.8, 4) is 0 Å². The molecule has 0 aliphatic heterocycles. The Hall–Kier alpha value is -1.41. The van der Waals surface area contributed by atoms with E-state index in [0.29, 0.717) is 6.54 Å². The number of amides is 1. The molecule has 0 spiro atoms. The molecule has 0 saturated heterocycles. The molecule has 0 aromatic carbocycles. The molecule has 2 rings (SSSR count). The summed E-state index contributed by atoms with van der Waals surface area (Å²) in [6.45, 7) is 0.507. The lowest BCUT2D eigenvalue weighted by molar-refractivity contribution is -0.121. The first kappa shape index (κ1) is 14.0. The number of rotatable bonds is 6. The summed E-state index contributed by atoms with van der Waals surface area (Å²) in [6, 6.07) is 0. The van der Waals surface area contributed by atoms with Crippen molar-refractivity contribution in [1.29, 1.82) is 0 Å². The van der Waals surface area contributed by atoms with Crippen molar-refractivity contribution >= 4 is 15.9 Å². The Labute approximate surface area is 112 Å². The summed E-state index contributed by atoms with van der Waals surface area (Å²) in [4.78, 5) is 11.5. The van der Waals surface area contributed by atoms with Gasteiger partial charge in [0.25, 0.3) is 0 Å². The molecule has 0 atom stereocenters. The van der Waals surface area contributed by atoms with Crippen LogP contribution in [0.5, 0.6) is 0 Å². The lowest BCUT2D eigenvalue weighted by Crippen LogP contribution is -2.30. The van der Waals surface area contributed by atoms with E-state index in [0.717, 1.165) is 31.2 Å². The summed E-state index contributed by atoms with van der Waals surface area (Å²) < 4.78 is 23.9. The zero-order valence-electron chi connectivity index (χ0n) is 10.8. The highest BCUT2D eigenvalue weighted by molar-refractivity contribution is 7.88. The van der Waals surface area contributed by atoms with Gasteiger partial charge in [0, 0.05) is 18.7 Å². The van der Waals surface area contributed by atoms with Gasteiger partial charge in [-0.1, -0.05) is 0 Å². The first-order valence-corrected chi connectivity index (χ1v) is 8.11. The van der Waals surface area contributed by atoms with Gasteiger partial charge in [0.2, 0.25) is 15.9 Å². The van der Waals surface area contributed by atoms with Crippen LogP contribution in [0.1, 0.15) is 29.8 Å². The van der Waals surface area contributed by atoms with Gasteiger partial charge >= 0.3 is 0 Å². The maximum atomic E-state index is 11.5. The van der Waals surface area contributed by atoms with Gasteiger partial charge in [0.05, 0.1) is 18.5 Å². The lowest BCUT2D eigenvalue weighted by Gasteiger charge is -2.05. The van der Waals surface area contributed by atoms with Crippen LogP contribution in [-0.4, -0.2) is 37.3 Å². The molecule has 1 aliphatic carbocycles. The summed E-state index contributed by atoms with van der Waals surface area (Å²) >= 11 is 0. The molecule has 0 bridgehead atoms. The number of sulfonamides is 1. The van der Waals surface area contributed by atoms with Crippen LogP contribution in [0.4, 0.5) is 0 Å². The van der Waals surface area contributed by atoms with E-state index >= 15 is 0 Å². The maximum absolute atomic E-state index is 11.5. The van der Waals surface area contributed by atoms with Crippen molar-refractivity contribution in [2.45, 2.75) is 32.2 Å². The van der Waals surface area contributed by atoms with Gasteiger partial charge in [-0.3, -0.25) is 9.89 Å². The molecule has 0 unspecified atom stereocenters. The van der Waals surface area contributed by atoms with Gasteiger partial charge in [0.1, 0.15) is 0 Å². The van der Waals surface area contributed by atoms with Crippen LogP contribution < -0.4 is 10.0 Å². The zero-order chi connectivity index (χ0) is 13.9. The minimum atomic E-state index is -3.23. The molecule has 0 radical (unpaired) electrons. The molecule has 1 amide bonds. The average molecular weight is 286 g/mol. The summed E-state index contributed by atoms with van der Waals surface area (Å²) in [7, 11) is -3.23. The molecule has 7 nitrogen and oxygen atoms in total. The van der Waals surface area contributed by atoms with Crippen molar-refractivity contribution in [2.75, 3.05) is 12.8 Å². The van der Waals surface area contributed by atoms with Crippen LogP contribution >= 0.6 is 0 Å². The molecule has 1 aliphatic rings. The number of H-pyrrole nitrogens is 1. The number of carbonyl (C=O) groups excluding carboxylic acids is 1. The molecule has 0 fully saturated rings. The molecule has 1 heterocycles. The second-order valence-corrected chi connectivity index (χ2v) is 6.51. The highest BCUT2D eigenvalue weighted by atomic mass is 32.2. The quantitative estimate of drug-likeness (QED) is 0.653. The first-order chi connectivity index (χ1) is 8.96. The minimum Gasteiger partial charge on any atom is -0.350 e. The average Bonchev–Trinajstić information content (AvgIpc) is 2.87. The van der Waals surface area contributed by atoms with Gasteiger partial charge in [-0.05, 0) is 24.8 Å². The van der Waals surface area contributed by atoms with Crippen LogP contribution in [0.15, 0.2) is 0 Å². The Morgan fingerprint density at radius 3 is 2.95 bits per heavy atom. The number of aryl methyl sites for hydroxylation is 1. The number of fused-ring (bicyclic) bond motifs is 1. The van der Waals surface area contributed by atoms with Crippen molar-refractivity contribution in [1.82, 2.24) is 20.2 Å². The van der Waals surface area contributed by atoms with E-state index in [4.69, 9.17) is 0 Å².